The molecule has 178 valence electrons. The van der Waals surface area contributed by atoms with E-state index in [1.165, 1.54) is 11.1 Å². The van der Waals surface area contributed by atoms with Crippen LogP contribution < -0.4 is 0 Å². The summed E-state index contributed by atoms with van der Waals surface area (Å²) < 4.78 is 40.6. The first-order valence-electron chi connectivity index (χ1n) is 11.4. The average molecular weight is 460 g/mol. The minimum Gasteiger partial charge on any atom is -0.505 e. The van der Waals surface area contributed by atoms with Crippen LogP contribution in [0.4, 0.5) is 8.78 Å². The molecule has 2 aromatic rings. The average Bonchev–Trinajstić information content (AvgIpc) is 3.12. The lowest BCUT2D eigenvalue weighted by Crippen LogP contribution is -2.46. The molecule has 5 nitrogen and oxygen atoms in total. The molecule has 4 rings (SSSR count). The van der Waals surface area contributed by atoms with Crippen LogP contribution in [0.3, 0.4) is 0 Å². The normalized spacial score (nSPS) is 18.8. The van der Waals surface area contributed by atoms with Crippen LogP contribution in [0, 0.1) is 17.6 Å². The summed E-state index contributed by atoms with van der Waals surface area (Å²) in [5.41, 5.74) is 1.12. The topological polar surface area (TPSA) is 59.0 Å². The van der Waals surface area contributed by atoms with Crippen molar-refractivity contribution in [3.05, 3.63) is 64.7 Å². The number of carbonyl (C=O) groups is 1. The molecule has 2 aromatic carbocycles. The first-order valence-corrected chi connectivity index (χ1v) is 11.4. The number of esters is 1. The molecule has 2 heterocycles. The zero-order valence-corrected chi connectivity index (χ0v) is 19.4. The smallest absolute Gasteiger partial charge is 0.311 e. The maximum absolute atomic E-state index is 14.5. The number of likely N-dealkylation sites (tertiary alicyclic amines) is 1. The number of phenols is 1. The van der Waals surface area contributed by atoms with Gasteiger partial charge >= 0.3 is 5.97 Å². The van der Waals surface area contributed by atoms with Gasteiger partial charge in [0.1, 0.15) is 11.4 Å². The molecule has 0 bridgehead atoms. The summed E-state index contributed by atoms with van der Waals surface area (Å²) in [4.78, 5) is 15.1. The highest BCUT2D eigenvalue weighted by atomic mass is 19.1. The lowest BCUT2D eigenvalue weighted by atomic mass is 9.83. The Bertz CT molecular complexity index is 1030. The van der Waals surface area contributed by atoms with Crippen LogP contribution in [0.1, 0.15) is 50.3 Å². The highest BCUT2D eigenvalue weighted by molar-refractivity contribution is 5.73. The maximum atomic E-state index is 14.5. The van der Waals surface area contributed by atoms with Crippen molar-refractivity contribution in [1.82, 2.24) is 4.90 Å². The van der Waals surface area contributed by atoms with Crippen molar-refractivity contribution in [3.63, 3.8) is 0 Å². The van der Waals surface area contributed by atoms with Crippen molar-refractivity contribution < 1.29 is 28.2 Å². The van der Waals surface area contributed by atoms with Gasteiger partial charge in [-0.3, -0.25) is 4.79 Å². The summed E-state index contributed by atoms with van der Waals surface area (Å²) in [5.74, 6) is -3.73. The van der Waals surface area contributed by atoms with Gasteiger partial charge in [-0.25, -0.2) is 8.78 Å². The highest BCUT2D eigenvalue weighted by Gasteiger charge is 2.43. The molecule has 1 fully saturated rings. The van der Waals surface area contributed by atoms with Crippen LogP contribution in [0.2, 0.25) is 0 Å². The van der Waals surface area contributed by atoms with E-state index in [1.807, 2.05) is 12.1 Å². The maximum Gasteiger partial charge on any atom is 0.311 e. The van der Waals surface area contributed by atoms with Gasteiger partial charge in [0.15, 0.2) is 11.6 Å². The Morgan fingerprint density at radius 3 is 2.58 bits per heavy atom. The quantitative estimate of drug-likeness (QED) is 0.658. The molecule has 0 saturated carbocycles. The summed E-state index contributed by atoms with van der Waals surface area (Å²) in [7, 11) is 0. The third kappa shape index (κ3) is 5.04. The number of benzene rings is 2. The Hall–Kier alpha value is -2.51. The van der Waals surface area contributed by atoms with Gasteiger partial charge < -0.3 is 19.5 Å². The number of carbonyl (C=O) groups excluding carboxylic acids is 1. The van der Waals surface area contributed by atoms with Crippen molar-refractivity contribution in [3.8, 4) is 5.75 Å². The summed E-state index contributed by atoms with van der Waals surface area (Å²) in [6.45, 7) is 7.58. The van der Waals surface area contributed by atoms with Gasteiger partial charge in [0.05, 0.1) is 18.1 Å². The summed E-state index contributed by atoms with van der Waals surface area (Å²) in [6.07, 6.45) is 1.36. The van der Waals surface area contributed by atoms with Crippen LogP contribution >= 0.6 is 0 Å². The van der Waals surface area contributed by atoms with Crippen molar-refractivity contribution >= 4 is 5.97 Å². The number of hydrogen-bond donors (Lipinski definition) is 1. The number of piperidine rings is 1. The molecule has 1 saturated heterocycles. The second kappa shape index (κ2) is 9.03. The van der Waals surface area contributed by atoms with Gasteiger partial charge in [-0.1, -0.05) is 24.3 Å². The Labute approximate surface area is 193 Å². The molecule has 7 heteroatoms. The van der Waals surface area contributed by atoms with Crippen molar-refractivity contribution in [2.75, 3.05) is 19.6 Å². The molecule has 1 N–H and O–H groups in total. The lowest BCUT2D eigenvalue weighted by Gasteiger charge is -2.40. The van der Waals surface area contributed by atoms with Gasteiger partial charge in [-0.2, -0.15) is 0 Å². The van der Waals surface area contributed by atoms with Crippen LogP contribution in [-0.4, -0.2) is 41.2 Å². The summed E-state index contributed by atoms with van der Waals surface area (Å²) in [5, 5.41) is 9.70. The second-order valence-electron chi connectivity index (χ2n) is 10.0. The van der Waals surface area contributed by atoms with Gasteiger partial charge in [-0.15, -0.1) is 0 Å². The standard InChI is InChI=1S/C26H31F2NO4/c1-25(2,3)33-24(31)18(14-19-21(27)8-9-22(30)23(19)28)15-29-12-10-26(11-13-29)20-7-5-4-6-17(20)16-32-26/h4-9,18,30H,10-16H2,1-3H3. The predicted molar refractivity (Wildman–Crippen MR) is 120 cm³/mol. The number of phenolic OH excluding ortho intramolecular Hbond substituents is 1. The van der Waals surface area contributed by atoms with Crippen molar-refractivity contribution in [2.24, 2.45) is 5.92 Å². The molecule has 0 amide bonds. The van der Waals surface area contributed by atoms with E-state index < -0.39 is 34.9 Å². The van der Waals surface area contributed by atoms with Gasteiger partial charge in [0.2, 0.25) is 0 Å². The van der Waals surface area contributed by atoms with E-state index in [9.17, 15) is 18.7 Å². The first kappa shape index (κ1) is 23.6. The Kier molecular flexibility index (Phi) is 6.47. The summed E-state index contributed by atoms with van der Waals surface area (Å²) >= 11 is 0. The van der Waals surface area contributed by atoms with E-state index in [2.05, 4.69) is 17.0 Å². The zero-order chi connectivity index (χ0) is 23.8. The van der Waals surface area contributed by atoms with Crippen LogP contribution in [0.5, 0.6) is 5.75 Å². The number of nitrogens with zero attached hydrogens (tertiary/aromatic N) is 1. The van der Waals surface area contributed by atoms with Gasteiger partial charge in [0.25, 0.3) is 0 Å². The fourth-order valence-electron chi connectivity index (χ4n) is 4.83. The molecule has 0 aliphatic carbocycles. The fourth-order valence-corrected chi connectivity index (χ4v) is 4.83. The number of aromatic hydroxyl groups is 1. The Morgan fingerprint density at radius 1 is 1.18 bits per heavy atom. The lowest BCUT2D eigenvalue weighted by molar-refractivity contribution is -0.161. The molecular weight excluding hydrogens is 428 g/mol. The van der Waals surface area contributed by atoms with Crippen LogP contribution in [-0.2, 0) is 32.9 Å². The highest BCUT2D eigenvalue weighted by Crippen LogP contribution is 2.44. The molecule has 1 unspecified atom stereocenters. The van der Waals surface area contributed by atoms with Crippen LogP contribution in [0.15, 0.2) is 36.4 Å². The first-order chi connectivity index (χ1) is 15.6. The monoisotopic (exact) mass is 459 g/mol. The van der Waals surface area contributed by atoms with Crippen molar-refractivity contribution in [2.45, 2.75) is 57.8 Å². The molecule has 2 aliphatic rings. The molecule has 2 aliphatic heterocycles. The Balaban J connectivity index is 1.50. The van der Waals surface area contributed by atoms with E-state index in [-0.39, 0.29) is 17.6 Å². The fraction of sp³-hybridized carbons (Fsp3) is 0.500. The third-order valence-electron chi connectivity index (χ3n) is 6.51. The second-order valence-corrected chi connectivity index (χ2v) is 10.0. The molecule has 0 aromatic heterocycles. The van der Waals surface area contributed by atoms with Crippen LogP contribution in [0.25, 0.3) is 0 Å². The molecule has 1 atom stereocenters. The summed E-state index contributed by atoms with van der Waals surface area (Å²) in [6, 6.07) is 10.2. The molecule has 33 heavy (non-hydrogen) atoms. The SMILES string of the molecule is CC(C)(C)OC(=O)C(Cc1c(F)ccc(O)c1F)CN1CCC2(CC1)OCc1ccccc12. The predicted octanol–water partition coefficient (Wildman–Crippen LogP) is 4.69. The minimum atomic E-state index is -1.03. The zero-order valence-electron chi connectivity index (χ0n) is 19.4. The van der Waals surface area contributed by atoms with E-state index in [4.69, 9.17) is 9.47 Å². The largest absolute Gasteiger partial charge is 0.505 e. The molecule has 1 spiro atoms. The van der Waals surface area contributed by atoms with E-state index in [0.717, 1.165) is 25.0 Å². The molecular formula is C26H31F2NO4. The van der Waals surface area contributed by atoms with E-state index >= 15 is 0 Å². The minimum absolute atomic E-state index is 0.193. The number of hydrogen-bond acceptors (Lipinski definition) is 5. The van der Waals surface area contributed by atoms with E-state index in [0.29, 0.717) is 26.2 Å². The number of ether oxygens (including phenoxy) is 2. The number of fused-ring (bicyclic) bond motifs is 2. The third-order valence-corrected chi connectivity index (χ3v) is 6.51. The van der Waals surface area contributed by atoms with Crippen molar-refractivity contribution in [1.29, 1.82) is 0 Å². The van der Waals surface area contributed by atoms with Gasteiger partial charge in [-0.05, 0) is 63.3 Å². The number of halogens is 2. The van der Waals surface area contributed by atoms with E-state index in [1.54, 1.807) is 20.8 Å². The number of rotatable bonds is 5. The molecule has 0 radical (unpaired) electrons. The Morgan fingerprint density at radius 2 is 1.88 bits per heavy atom. The van der Waals surface area contributed by atoms with Gasteiger partial charge in [0, 0.05) is 25.2 Å².